The summed E-state index contributed by atoms with van der Waals surface area (Å²) in [7, 11) is 3.49. The number of para-hydroxylation sites is 1. The molecule has 1 unspecified atom stereocenters. The Morgan fingerprint density at radius 3 is 2.55 bits per heavy atom. The van der Waals surface area contributed by atoms with Gasteiger partial charge in [0.25, 0.3) is 0 Å². The van der Waals surface area contributed by atoms with Gasteiger partial charge in [-0.1, -0.05) is 18.2 Å². The van der Waals surface area contributed by atoms with Gasteiger partial charge in [-0.25, -0.2) is 0 Å². The first kappa shape index (κ1) is 16.8. The van der Waals surface area contributed by atoms with Crippen LogP contribution >= 0.6 is 0 Å². The van der Waals surface area contributed by atoms with E-state index in [4.69, 9.17) is 4.74 Å². The van der Waals surface area contributed by atoms with Crippen LogP contribution in [0.4, 0.5) is 13.2 Å². The van der Waals surface area contributed by atoms with Crippen molar-refractivity contribution in [3.8, 4) is 5.75 Å². The van der Waals surface area contributed by atoms with E-state index in [0.29, 0.717) is 6.54 Å². The van der Waals surface area contributed by atoms with E-state index in [2.05, 4.69) is 5.32 Å². The van der Waals surface area contributed by atoms with E-state index in [1.54, 1.807) is 7.11 Å². The smallest absolute Gasteiger partial charge is 0.401 e. The standard InChI is InChI=1S/C14H21F3N2O/c1-11(8-18-10-14(15,16)17)19(2)9-12-6-4-5-7-13(12)20-3/h4-7,11,18H,8-10H2,1-3H3. The van der Waals surface area contributed by atoms with Crippen LogP contribution in [0, 0.1) is 0 Å². The largest absolute Gasteiger partial charge is 0.496 e. The first-order valence-corrected chi connectivity index (χ1v) is 6.43. The van der Waals surface area contributed by atoms with Gasteiger partial charge >= 0.3 is 6.18 Å². The molecule has 0 aromatic heterocycles. The summed E-state index contributed by atoms with van der Waals surface area (Å²) in [6.45, 7) is 1.84. The lowest BCUT2D eigenvalue weighted by Gasteiger charge is -2.26. The first-order chi connectivity index (χ1) is 9.33. The molecule has 0 heterocycles. The van der Waals surface area contributed by atoms with Crippen LogP contribution in [-0.2, 0) is 6.54 Å². The number of nitrogens with zero attached hydrogens (tertiary/aromatic N) is 1. The highest BCUT2D eigenvalue weighted by Gasteiger charge is 2.26. The lowest BCUT2D eigenvalue weighted by atomic mass is 10.1. The fourth-order valence-corrected chi connectivity index (χ4v) is 1.84. The Hall–Kier alpha value is -1.27. The molecule has 0 saturated carbocycles. The van der Waals surface area contributed by atoms with E-state index in [1.165, 1.54) is 0 Å². The normalized spacial score (nSPS) is 13.6. The van der Waals surface area contributed by atoms with E-state index in [9.17, 15) is 13.2 Å². The molecule has 6 heteroatoms. The fourth-order valence-electron chi connectivity index (χ4n) is 1.84. The monoisotopic (exact) mass is 290 g/mol. The van der Waals surface area contributed by atoms with Crippen LogP contribution in [0.5, 0.6) is 5.75 Å². The number of likely N-dealkylation sites (N-methyl/N-ethyl adjacent to an activating group) is 1. The molecule has 1 atom stereocenters. The molecule has 1 rings (SSSR count). The first-order valence-electron chi connectivity index (χ1n) is 6.43. The van der Waals surface area contributed by atoms with Crippen molar-refractivity contribution in [1.29, 1.82) is 0 Å². The van der Waals surface area contributed by atoms with Gasteiger partial charge in [-0.2, -0.15) is 13.2 Å². The highest BCUT2D eigenvalue weighted by molar-refractivity contribution is 5.33. The molecule has 0 aliphatic carbocycles. The van der Waals surface area contributed by atoms with Crippen LogP contribution in [0.15, 0.2) is 24.3 Å². The molecule has 3 nitrogen and oxygen atoms in total. The molecule has 1 aromatic rings. The molecule has 0 bridgehead atoms. The summed E-state index contributed by atoms with van der Waals surface area (Å²) in [5.74, 6) is 0.787. The molecule has 0 radical (unpaired) electrons. The lowest BCUT2D eigenvalue weighted by Crippen LogP contribution is -2.40. The molecule has 0 amide bonds. The maximum absolute atomic E-state index is 12.1. The van der Waals surface area contributed by atoms with Gasteiger partial charge in [0, 0.05) is 24.7 Å². The summed E-state index contributed by atoms with van der Waals surface area (Å²) in [6.07, 6.45) is -4.17. The third kappa shape index (κ3) is 5.79. The highest BCUT2D eigenvalue weighted by Crippen LogP contribution is 2.19. The Bertz CT molecular complexity index is 410. The van der Waals surface area contributed by atoms with E-state index in [1.807, 2.05) is 43.1 Å². The van der Waals surface area contributed by atoms with Gasteiger partial charge in [0.2, 0.25) is 0 Å². The van der Waals surface area contributed by atoms with Crippen molar-refractivity contribution in [1.82, 2.24) is 10.2 Å². The van der Waals surface area contributed by atoms with Crippen LogP contribution in [0.1, 0.15) is 12.5 Å². The average molecular weight is 290 g/mol. The molecular formula is C14H21F3N2O. The fraction of sp³-hybridized carbons (Fsp3) is 0.571. The van der Waals surface area contributed by atoms with Crippen LogP contribution in [0.3, 0.4) is 0 Å². The van der Waals surface area contributed by atoms with Crippen LogP contribution in [0.25, 0.3) is 0 Å². The minimum absolute atomic E-state index is 0.0118. The SMILES string of the molecule is COc1ccccc1CN(C)C(C)CNCC(F)(F)F. The number of rotatable bonds is 7. The summed E-state index contributed by atoms with van der Waals surface area (Å²) in [6, 6.07) is 7.61. The molecular weight excluding hydrogens is 269 g/mol. The van der Waals surface area contributed by atoms with Crippen molar-refractivity contribution >= 4 is 0 Å². The van der Waals surface area contributed by atoms with Crippen molar-refractivity contribution in [2.45, 2.75) is 25.7 Å². The Morgan fingerprint density at radius 2 is 1.95 bits per heavy atom. The molecule has 0 aliphatic heterocycles. The maximum Gasteiger partial charge on any atom is 0.401 e. The third-order valence-electron chi connectivity index (χ3n) is 3.13. The van der Waals surface area contributed by atoms with Gasteiger partial charge < -0.3 is 10.1 Å². The molecule has 114 valence electrons. The Balaban J connectivity index is 2.47. The van der Waals surface area contributed by atoms with Crippen molar-refractivity contribution in [2.24, 2.45) is 0 Å². The molecule has 20 heavy (non-hydrogen) atoms. The molecule has 0 saturated heterocycles. The van der Waals surface area contributed by atoms with Crippen molar-refractivity contribution in [2.75, 3.05) is 27.2 Å². The number of halogens is 3. The quantitative estimate of drug-likeness (QED) is 0.835. The number of hydrogen-bond acceptors (Lipinski definition) is 3. The molecule has 0 fully saturated rings. The molecule has 1 aromatic carbocycles. The third-order valence-corrected chi connectivity index (χ3v) is 3.13. The van der Waals surface area contributed by atoms with Gasteiger partial charge in [-0.05, 0) is 20.0 Å². The summed E-state index contributed by atoms with van der Waals surface area (Å²) >= 11 is 0. The number of hydrogen-bond donors (Lipinski definition) is 1. The van der Waals surface area contributed by atoms with E-state index in [-0.39, 0.29) is 12.6 Å². The van der Waals surface area contributed by atoms with Gasteiger partial charge in [0.1, 0.15) is 5.75 Å². The van der Waals surface area contributed by atoms with Gasteiger partial charge in [-0.15, -0.1) is 0 Å². The summed E-state index contributed by atoms with van der Waals surface area (Å²) in [4.78, 5) is 1.99. The van der Waals surface area contributed by atoms with E-state index in [0.717, 1.165) is 11.3 Å². The second kappa shape index (κ2) is 7.50. The summed E-state index contributed by atoms with van der Waals surface area (Å²) < 4.78 is 41.4. The molecule has 0 spiro atoms. The zero-order valence-corrected chi connectivity index (χ0v) is 12.0. The maximum atomic E-state index is 12.1. The Kier molecular flexibility index (Phi) is 6.29. The van der Waals surface area contributed by atoms with E-state index >= 15 is 0 Å². The van der Waals surface area contributed by atoms with E-state index < -0.39 is 12.7 Å². The van der Waals surface area contributed by atoms with Crippen molar-refractivity contribution < 1.29 is 17.9 Å². The minimum Gasteiger partial charge on any atom is -0.496 e. The Morgan fingerprint density at radius 1 is 1.30 bits per heavy atom. The second-order valence-electron chi connectivity index (χ2n) is 4.82. The molecule has 1 N–H and O–H groups in total. The number of ether oxygens (including phenoxy) is 1. The second-order valence-corrected chi connectivity index (χ2v) is 4.82. The zero-order valence-electron chi connectivity index (χ0n) is 12.0. The topological polar surface area (TPSA) is 24.5 Å². The van der Waals surface area contributed by atoms with Gasteiger partial charge in [0.15, 0.2) is 0 Å². The number of nitrogens with one attached hydrogen (secondary N) is 1. The van der Waals surface area contributed by atoms with Crippen LogP contribution in [0.2, 0.25) is 0 Å². The van der Waals surface area contributed by atoms with Crippen LogP contribution < -0.4 is 10.1 Å². The number of benzene rings is 1. The molecule has 0 aliphatic rings. The summed E-state index contributed by atoms with van der Waals surface area (Å²) in [5.41, 5.74) is 1.01. The average Bonchev–Trinajstić information content (AvgIpc) is 2.37. The van der Waals surface area contributed by atoms with Gasteiger partial charge in [-0.3, -0.25) is 4.90 Å². The number of alkyl halides is 3. The zero-order chi connectivity index (χ0) is 15.2. The van der Waals surface area contributed by atoms with Crippen molar-refractivity contribution in [3.05, 3.63) is 29.8 Å². The van der Waals surface area contributed by atoms with Crippen LogP contribution in [-0.4, -0.2) is 44.4 Å². The lowest BCUT2D eigenvalue weighted by molar-refractivity contribution is -0.125. The number of methoxy groups -OCH3 is 1. The Labute approximate surface area is 117 Å². The highest BCUT2D eigenvalue weighted by atomic mass is 19.4. The summed E-state index contributed by atoms with van der Waals surface area (Å²) in [5, 5.41) is 2.42. The predicted molar refractivity (Wildman–Crippen MR) is 72.8 cm³/mol. The van der Waals surface area contributed by atoms with Crippen molar-refractivity contribution in [3.63, 3.8) is 0 Å². The van der Waals surface area contributed by atoms with Gasteiger partial charge in [0.05, 0.1) is 13.7 Å². The predicted octanol–water partition coefficient (Wildman–Crippen LogP) is 2.67. The minimum atomic E-state index is -4.17.